The Kier molecular flexibility index (Phi) is 30.9. The highest BCUT2D eigenvalue weighted by Gasteiger charge is 2.16. The van der Waals surface area contributed by atoms with Crippen molar-refractivity contribution in [3.05, 3.63) is 84.4 Å². The summed E-state index contributed by atoms with van der Waals surface area (Å²) >= 11 is 4.64. The van der Waals surface area contributed by atoms with Gasteiger partial charge < -0.3 is 25.7 Å². The molecule has 0 saturated heterocycles. The number of hydrogen-bond donors (Lipinski definition) is 2. The molecule has 2 aromatic carbocycles. The van der Waals surface area contributed by atoms with Crippen LogP contribution >= 0.6 is 11.6 Å². The maximum absolute atomic E-state index is 11.0. The van der Waals surface area contributed by atoms with Crippen molar-refractivity contribution in [3.63, 3.8) is 0 Å². The second-order valence-corrected chi connectivity index (χ2v) is 6.38. The fourth-order valence-corrected chi connectivity index (χ4v) is 1.96. The van der Waals surface area contributed by atoms with E-state index >= 15 is 0 Å². The number of alkyl halides is 1. The number of rotatable bonds is 9. The summed E-state index contributed by atoms with van der Waals surface area (Å²) in [5.74, 6) is -1.05. The third-order valence-corrected chi connectivity index (χ3v) is 3.52. The van der Waals surface area contributed by atoms with Gasteiger partial charge in [0.25, 0.3) is 0 Å². The molecule has 7 nitrogen and oxygen atoms in total. The van der Waals surface area contributed by atoms with Crippen molar-refractivity contribution in [3.8, 4) is 0 Å². The van der Waals surface area contributed by atoms with Crippen molar-refractivity contribution in [2.45, 2.75) is 33.8 Å². The number of nitrogens with two attached hydrogens (primary N) is 1. The summed E-state index contributed by atoms with van der Waals surface area (Å²) in [6.07, 6.45) is 2.37. The fraction of sp³-hybridized carbons (Fsp3) is 0.407. The molecule has 2 rings (SSSR count). The Labute approximate surface area is 216 Å². The maximum atomic E-state index is 11.0. The Balaban J connectivity index is -0.000000464. The molecule has 5 N–H and O–H groups in total. The van der Waals surface area contributed by atoms with Crippen LogP contribution in [0.4, 0.5) is 0 Å². The lowest BCUT2D eigenvalue weighted by Crippen LogP contribution is -2.54. The minimum atomic E-state index is -0.665. The summed E-state index contributed by atoms with van der Waals surface area (Å²) in [7, 11) is 0. The summed E-state index contributed by atoms with van der Waals surface area (Å²) in [4.78, 5) is 21.9. The molecule has 0 aromatic heterocycles. The first kappa shape index (κ1) is 36.9. The summed E-state index contributed by atoms with van der Waals surface area (Å²) in [5.41, 5.74) is 11.1. The molecule has 1 unspecified atom stereocenters. The van der Waals surface area contributed by atoms with Gasteiger partial charge in [-0.1, -0.05) is 91.7 Å². The van der Waals surface area contributed by atoms with E-state index < -0.39 is 18.0 Å². The molecule has 1 atom stereocenters. The van der Waals surface area contributed by atoms with E-state index in [1.807, 2.05) is 50.2 Å². The molecule has 8 heteroatoms. The Morgan fingerprint density at radius 1 is 0.943 bits per heavy atom. The van der Waals surface area contributed by atoms with Gasteiger partial charge in [-0.05, 0) is 13.8 Å². The van der Waals surface area contributed by atoms with E-state index in [9.17, 15) is 9.59 Å². The molecule has 0 spiro atoms. The van der Waals surface area contributed by atoms with E-state index in [1.54, 1.807) is 6.08 Å². The van der Waals surface area contributed by atoms with Gasteiger partial charge in [-0.15, -0.1) is 18.2 Å². The molecule has 0 aliphatic carbocycles. The van der Waals surface area contributed by atoms with Gasteiger partial charge >= 0.3 is 11.9 Å². The Morgan fingerprint density at radius 2 is 1.40 bits per heavy atom. The molecular formula is C27H44ClN2O5+. The van der Waals surface area contributed by atoms with E-state index in [0.717, 1.165) is 0 Å². The zero-order chi connectivity index (χ0) is 27.3. The number of esters is 2. The van der Waals surface area contributed by atoms with Gasteiger partial charge in [0, 0.05) is 6.38 Å². The Hall–Kier alpha value is -2.71. The van der Waals surface area contributed by atoms with Gasteiger partial charge in [-0.3, -0.25) is 4.79 Å². The van der Waals surface area contributed by atoms with Crippen molar-refractivity contribution in [2.24, 2.45) is 5.73 Å². The zero-order valence-corrected chi connectivity index (χ0v) is 22.6. The average Bonchev–Trinajstić information content (AvgIpc) is 2.91. The molecule has 0 saturated carbocycles. The Bertz CT molecular complexity index is 693. The van der Waals surface area contributed by atoms with Crippen LogP contribution in [0.15, 0.2) is 73.3 Å². The smallest absolute Gasteiger partial charge is 0.361 e. The molecule has 35 heavy (non-hydrogen) atoms. The predicted molar refractivity (Wildman–Crippen MR) is 144 cm³/mol. The summed E-state index contributed by atoms with van der Waals surface area (Å²) in [6.45, 7) is 11.8. The largest absolute Gasteiger partial charge is 0.457 e. The summed E-state index contributed by atoms with van der Waals surface area (Å²) < 4.78 is 14.8. The van der Waals surface area contributed by atoms with Crippen LogP contribution in [0.25, 0.3) is 0 Å². The van der Waals surface area contributed by atoms with Crippen LogP contribution in [-0.4, -0.2) is 57.3 Å². The van der Waals surface area contributed by atoms with Crippen molar-refractivity contribution in [1.82, 2.24) is 0 Å². The number of carbonyl (C=O) groups is 2. The van der Waals surface area contributed by atoms with E-state index in [4.69, 9.17) is 19.9 Å². The highest BCUT2D eigenvalue weighted by Crippen LogP contribution is 1.97. The van der Waals surface area contributed by atoms with E-state index in [0.29, 0.717) is 6.61 Å². The maximum Gasteiger partial charge on any atom is 0.361 e. The molecule has 198 valence electrons. The monoisotopic (exact) mass is 511 g/mol. The Morgan fingerprint density at radius 3 is 1.71 bits per heavy atom. The van der Waals surface area contributed by atoms with E-state index in [-0.39, 0.29) is 26.3 Å². The molecular weight excluding hydrogens is 468 g/mol. The van der Waals surface area contributed by atoms with Gasteiger partial charge in [0.15, 0.2) is 12.6 Å². The standard InChI is InChI=1S/C10H18N2O5.2C7H8.C2H6.CH3Cl/c1-2-3-15-6-8(17-10(14)5-12)7-16-9(13)4-11;2*1-7-5-3-2-4-6-7;2*1-2/h2,8H,1,3-7,11-12H2;2*2-6H,1H3;1-2H3;1H3/p+1. The molecule has 0 bridgehead atoms. The summed E-state index contributed by atoms with van der Waals surface area (Å²) in [6, 6.07) is 20.5. The van der Waals surface area contributed by atoms with E-state index in [1.165, 1.54) is 17.5 Å². The summed E-state index contributed by atoms with van der Waals surface area (Å²) in [5, 5.41) is 0. The molecule has 0 radical (unpaired) electrons. The first-order chi connectivity index (χ1) is 16.9. The number of quaternary nitrogens is 1. The van der Waals surface area contributed by atoms with Gasteiger partial charge in [-0.25, -0.2) is 4.79 Å². The first-order valence-electron chi connectivity index (χ1n) is 11.4. The molecule has 0 amide bonds. The van der Waals surface area contributed by atoms with Crippen molar-refractivity contribution < 1.29 is 29.5 Å². The highest BCUT2D eigenvalue weighted by molar-refractivity contribution is 6.15. The number of carbonyl (C=O) groups excluding carboxylic acids is 2. The van der Waals surface area contributed by atoms with Crippen molar-refractivity contribution in [1.29, 1.82) is 0 Å². The molecule has 0 heterocycles. The van der Waals surface area contributed by atoms with Gasteiger partial charge in [0.2, 0.25) is 0 Å². The van der Waals surface area contributed by atoms with Crippen LogP contribution in [-0.2, 0) is 23.8 Å². The highest BCUT2D eigenvalue weighted by atomic mass is 35.5. The number of hydrogen-bond acceptors (Lipinski definition) is 6. The van der Waals surface area contributed by atoms with Crippen LogP contribution in [0.5, 0.6) is 0 Å². The first-order valence-corrected chi connectivity index (χ1v) is 12.1. The lowest BCUT2D eigenvalue weighted by atomic mass is 10.2. The minimum Gasteiger partial charge on any atom is -0.457 e. The molecule has 0 fully saturated rings. The number of benzene rings is 2. The van der Waals surface area contributed by atoms with Crippen LogP contribution in [0.3, 0.4) is 0 Å². The normalized spacial score (nSPS) is 9.49. The second kappa shape index (κ2) is 29.3. The lowest BCUT2D eigenvalue weighted by molar-refractivity contribution is -0.360. The van der Waals surface area contributed by atoms with Crippen LogP contribution in [0, 0.1) is 13.8 Å². The van der Waals surface area contributed by atoms with Crippen molar-refractivity contribution in [2.75, 3.05) is 39.3 Å². The average molecular weight is 512 g/mol. The number of ether oxygens (including phenoxy) is 3. The predicted octanol–water partition coefficient (Wildman–Crippen LogP) is 3.72. The number of halogens is 1. The third-order valence-electron chi connectivity index (χ3n) is 3.52. The zero-order valence-electron chi connectivity index (χ0n) is 21.9. The second-order valence-electron chi connectivity index (χ2n) is 6.38. The van der Waals surface area contributed by atoms with Crippen LogP contribution in [0.2, 0.25) is 0 Å². The molecule has 0 aliphatic heterocycles. The van der Waals surface area contributed by atoms with Gasteiger partial charge in [-0.2, -0.15) is 0 Å². The molecule has 2 aromatic rings. The number of aryl methyl sites for hydroxylation is 2. The lowest BCUT2D eigenvalue weighted by Gasteiger charge is -2.16. The van der Waals surface area contributed by atoms with E-state index in [2.05, 4.69) is 62.0 Å². The van der Waals surface area contributed by atoms with Crippen LogP contribution in [0.1, 0.15) is 25.0 Å². The molecule has 0 aliphatic rings. The van der Waals surface area contributed by atoms with Gasteiger partial charge in [0.1, 0.15) is 6.61 Å². The van der Waals surface area contributed by atoms with Gasteiger partial charge in [0.05, 0.1) is 19.8 Å². The van der Waals surface area contributed by atoms with Crippen molar-refractivity contribution >= 4 is 23.5 Å². The minimum absolute atomic E-state index is 0.0189. The SMILES string of the molecule is C=CCOCC(COC(=O)C[NH3+])OC(=O)CN.CC.CCl.Cc1ccccc1.Cc1ccccc1. The third kappa shape index (κ3) is 27.4. The quantitative estimate of drug-likeness (QED) is 0.229. The van der Waals surface area contributed by atoms with Crippen LogP contribution < -0.4 is 11.5 Å². The topological polar surface area (TPSA) is 115 Å². The fourth-order valence-electron chi connectivity index (χ4n) is 1.96.